The lowest BCUT2D eigenvalue weighted by molar-refractivity contribution is -0.0533. The van der Waals surface area contributed by atoms with Gasteiger partial charge in [0.15, 0.2) is 0 Å². The van der Waals surface area contributed by atoms with Crippen LogP contribution < -0.4 is 4.74 Å². The van der Waals surface area contributed by atoms with Crippen LogP contribution in [0.3, 0.4) is 0 Å². The number of halogens is 1. The average Bonchev–Trinajstić information content (AvgIpc) is 2.61. The Hall–Kier alpha value is -2.47. The number of ether oxygens (including phenoxy) is 1. The number of hydrogen-bond acceptors (Lipinski definition) is 4. The number of likely N-dealkylation sites (tertiary alicyclic amines) is 1. The summed E-state index contributed by atoms with van der Waals surface area (Å²) in [6, 6.07) is 10.9. The Morgan fingerprint density at radius 3 is 2.80 bits per heavy atom. The zero-order valence-corrected chi connectivity index (χ0v) is 14.1. The SMILES string of the molecule is Cc1cccc(C(=O)N2CCCC(O)(COc3ccc(F)cc3)C2)n1. The summed E-state index contributed by atoms with van der Waals surface area (Å²) < 4.78 is 18.5. The van der Waals surface area contributed by atoms with Crippen molar-refractivity contribution >= 4 is 5.91 Å². The van der Waals surface area contributed by atoms with Crippen molar-refractivity contribution in [1.29, 1.82) is 0 Å². The van der Waals surface area contributed by atoms with Crippen LogP contribution in [-0.4, -0.2) is 46.2 Å². The van der Waals surface area contributed by atoms with E-state index >= 15 is 0 Å². The molecule has 1 aliphatic heterocycles. The third-order valence-electron chi connectivity index (χ3n) is 4.27. The number of hydrogen-bond donors (Lipinski definition) is 1. The number of carbonyl (C=O) groups is 1. The van der Waals surface area contributed by atoms with Crippen LogP contribution in [0.5, 0.6) is 5.75 Å². The van der Waals surface area contributed by atoms with Crippen LogP contribution in [0, 0.1) is 12.7 Å². The van der Waals surface area contributed by atoms with E-state index in [1.165, 1.54) is 24.3 Å². The first kappa shape index (κ1) is 17.4. The predicted octanol–water partition coefficient (Wildman–Crippen LogP) is 2.58. The molecular formula is C19H21FN2O3. The van der Waals surface area contributed by atoms with Gasteiger partial charge in [-0.05, 0) is 56.2 Å². The second-order valence-electron chi connectivity index (χ2n) is 6.46. The molecule has 2 heterocycles. The van der Waals surface area contributed by atoms with Crippen LogP contribution in [0.15, 0.2) is 42.5 Å². The largest absolute Gasteiger partial charge is 0.491 e. The Bertz CT molecular complexity index is 751. The van der Waals surface area contributed by atoms with Crippen molar-refractivity contribution in [1.82, 2.24) is 9.88 Å². The van der Waals surface area contributed by atoms with E-state index in [-0.39, 0.29) is 24.9 Å². The highest BCUT2D eigenvalue weighted by molar-refractivity contribution is 5.92. The zero-order chi connectivity index (χ0) is 17.9. The first-order chi connectivity index (χ1) is 12.0. The van der Waals surface area contributed by atoms with Crippen LogP contribution in [0.2, 0.25) is 0 Å². The fraction of sp³-hybridized carbons (Fsp3) is 0.368. The molecule has 132 valence electrons. The minimum absolute atomic E-state index is 0.0453. The number of piperidine rings is 1. The number of carbonyl (C=O) groups excluding carboxylic acids is 1. The average molecular weight is 344 g/mol. The maximum Gasteiger partial charge on any atom is 0.272 e. The monoisotopic (exact) mass is 344 g/mol. The van der Waals surface area contributed by atoms with Gasteiger partial charge in [0.25, 0.3) is 5.91 Å². The molecule has 1 aromatic heterocycles. The number of aromatic nitrogens is 1. The molecule has 25 heavy (non-hydrogen) atoms. The molecule has 1 amide bonds. The Labute approximate surface area is 146 Å². The Morgan fingerprint density at radius 2 is 2.08 bits per heavy atom. The fourth-order valence-electron chi connectivity index (χ4n) is 2.98. The highest BCUT2D eigenvalue weighted by Crippen LogP contribution is 2.24. The Kier molecular flexibility index (Phi) is 4.99. The maximum absolute atomic E-state index is 12.9. The molecule has 1 unspecified atom stereocenters. The van der Waals surface area contributed by atoms with Crippen molar-refractivity contribution < 1.29 is 19.0 Å². The van der Waals surface area contributed by atoms with E-state index in [2.05, 4.69) is 4.98 Å². The van der Waals surface area contributed by atoms with Gasteiger partial charge >= 0.3 is 0 Å². The highest BCUT2D eigenvalue weighted by Gasteiger charge is 2.36. The Balaban J connectivity index is 1.65. The zero-order valence-electron chi connectivity index (χ0n) is 14.1. The van der Waals surface area contributed by atoms with Crippen molar-refractivity contribution in [2.24, 2.45) is 0 Å². The van der Waals surface area contributed by atoms with E-state index < -0.39 is 5.60 Å². The van der Waals surface area contributed by atoms with Crippen molar-refractivity contribution in [3.05, 3.63) is 59.7 Å². The third-order valence-corrected chi connectivity index (χ3v) is 4.27. The molecule has 1 N–H and O–H groups in total. The summed E-state index contributed by atoms with van der Waals surface area (Å²) in [5, 5.41) is 10.8. The van der Waals surface area contributed by atoms with E-state index in [4.69, 9.17) is 4.74 Å². The number of nitrogens with zero attached hydrogens (tertiary/aromatic N) is 2. The summed E-state index contributed by atoms with van der Waals surface area (Å²) in [5.74, 6) is -0.0478. The van der Waals surface area contributed by atoms with E-state index in [0.29, 0.717) is 30.8 Å². The maximum atomic E-state index is 12.9. The number of benzene rings is 1. The summed E-state index contributed by atoms with van der Waals surface area (Å²) in [6.45, 7) is 2.64. The van der Waals surface area contributed by atoms with Gasteiger partial charge in [-0.25, -0.2) is 9.37 Å². The minimum atomic E-state index is -1.13. The molecule has 0 spiro atoms. The molecule has 3 rings (SSSR count). The molecular weight excluding hydrogens is 323 g/mol. The summed E-state index contributed by atoms with van der Waals surface area (Å²) >= 11 is 0. The van der Waals surface area contributed by atoms with Gasteiger partial charge in [-0.15, -0.1) is 0 Å². The summed E-state index contributed by atoms with van der Waals surface area (Å²) in [6.07, 6.45) is 1.22. The molecule has 1 aromatic carbocycles. The van der Waals surface area contributed by atoms with Gasteiger partial charge < -0.3 is 14.7 Å². The van der Waals surface area contributed by atoms with Gasteiger partial charge in [0, 0.05) is 12.2 Å². The van der Waals surface area contributed by atoms with Gasteiger partial charge in [-0.2, -0.15) is 0 Å². The van der Waals surface area contributed by atoms with Crippen molar-refractivity contribution in [2.75, 3.05) is 19.7 Å². The number of pyridine rings is 1. The number of aryl methyl sites for hydroxylation is 1. The van der Waals surface area contributed by atoms with Crippen LogP contribution in [0.25, 0.3) is 0 Å². The van der Waals surface area contributed by atoms with Crippen molar-refractivity contribution in [2.45, 2.75) is 25.4 Å². The van der Waals surface area contributed by atoms with Crippen LogP contribution >= 0.6 is 0 Å². The number of β-amino-alcohol motifs (C(OH)–C–C–N with tert-alkyl or cyclic N) is 1. The summed E-state index contributed by atoms with van der Waals surface area (Å²) in [7, 11) is 0. The van der Waals surface area contributed by atoms with Crippen LogP contribution in [-0.2, 0) is 0 Å². The number of amides is 1. The van der Waals surface area contributed by atoms with Gasteiger partial charge in [0.1, 0.15) is 29.5 Å². The molecule has 1 saturated heterocycles. The molecule has 1 atom stereocenters. The van der Waals surface area contributed by atoms with Crippen LogP contribution in [0.1, 0.15) is 29.0 Å². The van der Waals surface area contributed by atoms with Gasteiger partial charge in [-0.1, -0.05) is 6.07 Å². The van der Waals surface area contributed by atoms with Gasteiger partial charge in [0.05, 0.1) is 6.54 Å². The third kappa shape index (κ3) is 4.33. The van der Waals surface area contributed by atoms with E-state index in [0.717, 1.165) is 5.69 Å². The molecule has 5 nitrogen and oxygen atoms in total. The molecule has 2 aromatic rings. The van der Waals surface area contributed by atoms with Crippen molar-refractivity contribution in [3.63, 3.8) is 0 Å². The lowest BCUT2D eigenvalue weighted by Gasteiger charge is -2.38. The minimum Gasteiger partial charge on any atom is -0.491 e. The van der Waals surface area contributed by atoms with E-state index in [1.807, 2.05) is 13.0 Å². The summed E-state index contributed by atoms with van der Waals surface area (Å²) in [4.78, 5) is 18.5. The van der Waals surface area contributed by atoms with E-state index in [9.17, 15) is 14.3 Å². The lowest BCUT2D eigenvalue weighted by atomic mass is 9.93. The molecule has 0 bridgehead atoms. The normalized spacial score (nSPS) is 20.4. The molecule has 1 aliphatic rings. The van der Waals surface area contributed by atoms with Gasteiger partial charge in [-0.3, -0.25) is 4.79 Å². The van der Waals surface area contributed by atoms with Crippen molar-refractivity contribution in [3.8, 4) is 5.75 Å². The highest BCUT2D eigenvalue weighted by atomic mass is 19.1. The summed E-state index contributed by atoms with van der Waals surface area (Å²) in [5.41, 5.74) is 0.0213. The topological polar surface area (TPSA) is 62.7 Å². The quantitative estimate of drug-likeness (QED) is 0.926. The lowest BCUT2D eigenvalue weighted by Crippen LogP contribution is -2.53. The first-order valence-corrected chi connectivity index (χ1v) is 8.29. The first-order valence-electron chi connectivity index (χ1n) is 8.29. The smallest absolute Gasteiger partial charge is 0.272 e. The molecule has 0 saturated carbocycles. The van der Waals surface area contributed by atoms with E-state index in [1.54, 1.807) is 17.0 Å². The second-order valence-corrected chi connectivity index (χ2v) is 6.46. The number of aliphatic hydroxyl groups is 1. The fourth-order valence-corrected chi connectivity index (χ4v) is 2.98. The number of rotatable bonds is 4. The predicted molar refractivity (Wildman–Crippen MR) is 91.0 cm³/mol. The Morgan fingerprint density at radius 1 is 1.32 bits per heavy atom. The molecule has 1 fully saturated rings. The molecule has 0 aliphatic carbocycles. The second kappa shape index (κ2) is 7.19. The van der Waals surface area contributed by atoms with Gasteiger partial charge in [0.2, 0.25) is 0 Å². The molecule has 0 radical (unpaired) electrons. The standard InChI is InChI=1S/C19H21FN2O3/c1-14-4-2-5-17(21-14)18(23)22-11-3-10-19(24,12-22)13-25-16-8-6-15(20)7-9-16/h2,4-9,24H,3,10-13H2,1H3. The van der Waals surface area contributed by atoms with Crippen LogP contribution in [0.4, 0.5) is 4.39 Å². The molecule has 6 heteroatoms.